The fraction of sp³-hybridized carbons (Fsp3) is 0.875. The van der Waals surface area contributed by atoms with Crippen LogP contribution in [-0.2, 0) is 4.79 Å². The first-order valence-corrected chi connectivity index (χ1v) is 4.12. The van der Waals surface area contributed by atoms with Crippen LogP contribution in [0.15, 0.2) is 0 Å². The molecule has 0 aromatic heterocycles. The van der Waals surface area contributed by atoms with Gasteiger partial charge in [-0.1, -0.05) is 19.8 Å². The van der Waals surface area contributed by atoms with Gasteiger partial charge in [-0.05, 0) is 18.9 Å². The first kappa shape index (κ1) is 10.4. The van der Waals surface area contributed by atoms with Crippen LogP contribution < -0.4 is 5.73 Å². The van der Waals surface area contributed by atoms with Crippen LogP contribution in [-0.4, -0.2) is 17.6 Å². The molecule has 0 saturated heterocycles. The minimum absolute atomic E-state index is 0.174. The first-order valence-electron chi connectivity index (χ1n) is 4.12. The molecule has 0 aliphatic heterocycles. The zero-order valence-electron chi connectivity index (χ0n) is 7.05. The SMILES string of the molecule is CCCC[C@@H](CN)CC(=O)O. The molecule has 0 aromatic rings. The summed E-state index contributed by atoms with van der Waals surface area (Å²) in [5.41, 5.74) is 5.40. The maximum atomic E-state index is 10.3. The molecule has 3 N–H and O–H groups in total. The molecule has 0 spiro atoms. The molecule has 0 fully saturated rings. The van der Waals surface area contributed by atoms with Crippen molar-refractivity contribution in [2.24, 2.45) is 11.7 Å². The molecule has 0 radical (unpaired) electrons. The van der Waals surface area contributed by atoms with Gasteiger partial charge >= 0.3 is 5.97 Å². The summed E-state index contributed by atoms with van der Waals surface area (Å²) in [5, 5.41) is 8.46. The highest BCUT2D eigenvalue weighted by atomic mass is 16.4. The molecule has 1 atom stereocenters. The standard InChI is InChI=1S/C8H17NO2/c1-2-3-4-7(6-9)5-8(10)11/h7H,2-6,9H2,1H3,(H,10,11)/t7-/m1/s1. The third kappa shape index (κ3) is 5.85. The summed E-state index contributed by atoms with van der Waals surface area (Å²) in [6.45, 7) is 2.58. The molecule has 0 aromatic carbocycles. The third-order valence-corrected chi connectivity index (χ3v) is 1.76. The van der Waals surface area contributed by atoms with Crippen molar-refractivity contribution < 1.29 is 9.90 Å². The van der Waals surface area contributed by atoms with E-state index in [0.717, 1.165) is 19.3 Å². The summed E-state index contributed by atoms with van der Waals surface area (Å²) in [5.74, 6) is -0.566. The van der Waals surface area contributed by atoms with Crippen LogP contribution in [0.1, 0.15) is 32.6 Å². The molecule has 3 nitrogen and oxygen atoms in total. The Kier molecular flexibility index (Phi) is 5.84. The second kappa shape index (κ2) is 6.16. The van der Waals surface area contributed by atoms with Crippen LogP contribution in [0.5, 0.6) is 0 Å². The lowest BCUT2D eigenvalue weighted by Crippen LogP contribution is -2.17. The fourth-order valence-electron chi connectivity index (χ4n) is 1.04. The van der Waals surface area contributed by atoms with Gasteiger partial charge in [0.25, 0.3) is 0 Å². The van der Waals surface area contributed by atoms with E-state index in [9.17, 15) is 4.79 Å². The molecule has 0 rings (SSSR count). The molecular weight excluding hydrogens is 142 g/mol. The predicted molar refractivity (Wildman–Crippen MR) is 44.3 cm³/mol. The zero-order chi connectivity index (χ0) is 8.69. The lowest BCUT2D eigenvalue weighted by molar-refractivity contribution is -0.138. The number of nitrogens with two attached hydrogens (primary N) is 1. The lowest BCUT2D eigenvalue weighted by Gasteiger charge is -2.10. The van der Waals surface area contributed by atoms with Crippen molar-refractivity contribution in [3.63, 3.8) is 0 Å². The topological polar surface area (TPSA) is 63.3 Å². The highest BCUT2D eigenvalue weighted by Gasteiger charge is 2.09. The molecule has 11 heavy (non-hydrogen) atoms. The van der Waals surface area contributed by atoms with Gasteiger partial charge in [0, 0.05) is 6.42 Å². The Hall–Kier alpha value is -0.570. The summed E-state index contributed by atoms with van der Waals surface area (Å²) in [6.07, 6.45) is 3.35. The second-order valence-corrected chi connectivity index (χ2v) is 2.84. The van der Waals surface area contributed by atoms with Gasteiger partial charge in [-0.15, -0.1) is 0 Å². The Morgan fingerprint density at radius 2 is 2.27 bits per heavy atom. The van der Waals surface area contributed by atoms with Crippen LogP contribution >= 0.6 is 0 Å². The molecule has 0 heterocycles. The Balaban J connectivity index is 3.49. The number of carbonyl (C=O) groups is 1. The normalized spacial score (nSPS) is 12.9. The summed E-state index contributed by atoms with van der Waals surface area (Å²) < 4.78 is 0. The van der Waals surface area contributed by atoms with E-state index in [-0.39, 0.29) is 12.3 Å². The van der Waals surface area contributed by atoms with Crippen LogP contribution in [0.3, 0.4) is 0 Å². The average Bonchev–Trinajstić information content (AvgIpc) is 1.97. The Labute approximate surface area is 67.6 Å². The molecule has 66 valence electrons. The van der Waals surface area contributed by atoms with E-state index in [4.69, 9.17) is 10.8 Å². The monoisotopic (exact) mass is 159 g/mol. The molecule has 0 aliphatic rings. The molecular formula is C8H17NO2. The van der Waals surface area contributed by atoms with Gasteiger partial charge in [0.2, 0.25) is 0 Å². The Morgan fingerprint density at radius 3 is 2.64 bits per heavy atom. The minimum atomic E-state index is -0.739. The van der Waals surface area contributed by atoms with Gasteiger partial charge in [-0.2, -0.15) is 0 Å². The van der Waals surface area contributed by atoms with Crippen molar-refractivity contribution in [3.05, 3.63) is 0 Å². The molecule has 0 amide bonds. The Morgan fingerprint density at radius 1 is 1.64 bits per heavy atom. The van der Waals surface area contributed by atoms with Crippen molar-refractivity contribution in [2.75, 3.05) is 6.54 Å². The van der Waals surface area contributed by atoms with E-state index >= 15 is 0 Å². The number of carboxylic acids is 1. The molecule has 0 saturated carbocycles. The molecule has 0 bridgehead atoms. The highest BCUT2D eigenvalue weighted by molar-refractivity contribution is 5.67. The summed E-state index contributed by atoms with van der Waals surface area (Å²) >= 11 is 0. The van der Waals surface area contributed by atoms with Crippen LogP contribution in [0.2, 0.25) is 0 Å². The van der Waals surface area contributed by atoms with Crippen LogP contribution in [0.25, 0.3) is 0 Å². The number of carboxylic acid groups (broad SMARTS) is 1. The quantitative estimate of drug-likeness (QED) is 0.612. The number of hydrogen-bond acceptors (Lipinski definition) is 2. The maximum Gasteiger partial charge on any atom is 0.303 e. The van der Waals surface area contributed by atoms with Gasteiger partial charge in [-0.3, -0.25) is 4.79 Å². The highest BCUT2D eigenvalue weighted by Crippen LogP contribution is 2.10. The van der Waals surface area contributed by atoms with E-state index < -0.39 is 5.97 Å². The van der Waals surface area contributed by atoms with Crippen molar-refractivity contribution in [1.82, 2.24) is 0 Å². The smallest absolute Gasteiger partial charge is 0.303 e. The molecule has 3 heteroatoms. The van der Waals surface area contributed by atoms with E-state index in [1.807, 2.05) is 0 Å². The summed E-state index contributed by atoms with van der Waals surface area (Å²) in [6, 6.07) is 0. The van der Waals surface area contributed by atoms with Crippen molar-refractivity contribution in [3.8, 4) is 0 Å². The van der Waals surface area contributed by atoms with Crippen molar-refractivity contribution >= 4 is 5.97 Å². The number of unbranched alkanes of at least 4 members (excludes halogenated alkanes) is 1. The Bertz CT molecular complexity index is 115. The summed E-state index contributed by atoms with van der Waals surface area (Å²) in [4.78, 5) is 10.3. The largest absolute Gasteiger partial charge is 0.481 e. The maximum absolute atomic E-state index is 10.3. The summed E-state index contributed by atoms with van der Waals surface area (Å²) in [7, 11) is 0. The number of hydrogen-bond donors (Lipinski definition) is 2. The van der Waals surface area contributed by atoms with E-state index in [1.54, 1.807) is 0 Å². The second-order valence-electron chi connectivity index (χ2n) is 2.84. The number of aliphatic carboxylic acids is 1. The van der Waals surface area contributed by atoms with E-state index in [1.165, 1.54) is 0 Å². The lowest BCUT2D eigenvalue weighted by atomic mass is 9.99. The van der Waals surface area contributed by atoms with Gasteiger partial charge in [0.15, 0.2) is 0 Å². The van der Waals surface area contributed by atoms with Crippen molar-refractivity contribution in [2.45, 2.75) is 32.6 Å². The van der Waals surface area contributed by atoms with Gasteiger partial charge in [-0.25, -0.2) is 0 Å². The van der Waals surface area contributed by atoms with Gasteiger partial charge in [0.05, 0.1) is 0 Å². The third-order valence-electron chi connectivity index (χ3n) is 1.76. The zero-order valence-corrected chi connectivity index (χ0v) is 7.05. The molecule has 0 aliphatic carbocycles. The number of rotatable bonds is 6. The van der Waals surface area contributed by atoms with Gasteiger partial charge < -0.3 is 10.8 Å². The van der Waals surface area contributed by atoms with Gasteiger partial charge in [0.1, 0.15) is 0 Å². The molecule has 0 unspecified atom stereocenters. The minimum Gasteiger partial charge on any atom is -0.481 e. The van der Waals surface area contributed by atoms with E-state index in [2.05, 4.69) is 6.92 Å². The van der Waals surface area contributed by atoms with Crippen LogP contribution in [0.4, 0.5) is 0 Å². The predicted octanol–water partition coefficient (Wildman–Crippen LogP) is 1.23. The fourth-order valence-corrected chi connectivity index (χ4v) is 1.04. The first-order chi connectivity index (χ1) is 5.20. The van der Waals surface area contributed by atoms with Crippen molar-refractivity contribution in [1.29, 1.82) is 0 Å². The van der Waals surface area contributed by atoms with Crippen LogP contribution in [0, 0.1) is 5.92 Å². The average molecular weight is 159 g/mol. The van der Waals surface area contributed by atoms with E-state index in [0.29, 0.717) is 6.54 Å².